The molecule has 0 aliphatic carbocycles. The zero-order chi connectivity index (χ0) is 18.1. The zero-order valence-corrected chi connectivity index (χ0v) is 19.0. The summed E-state index contributed by atoms with van der Waals surface area (Å²) < 4.78 is 5.50. The molecule has 1 saturated heterocycles. The maximum absolute atomic E-state index is 5.50. The van der Waals surface area contributed by atoms with Gasteiger partial charge >= 0.3 is 0 Å². The van der Waals surface area contributed by atoms with Gasteiger partial charge in [0.15, 0.2) is 5.96 Å². The number of hydrogen-bond acceptors (Lipinski definition) is 3. The van der Waals surface area contributed by atoms with E-state index in [4.69, 9.17) is 9.73 Å². The number of halogens is 1. The molecule has 26 heavy (non-hydrogen) atoms. The van der Waals surface area contributed by atoms with Gasteiger partial charge in [-0.1, -0.05) is 44.2 Å². The van der Waals surface area contributed by atoms with Crippen LogP contribution in [0.4, 0.5) is 0 Å². The van der Waals surface area contributed by atoms with Crippen molar-refractivity contribution in [3.8, 4) is 0 Å². The third-order valence-electron chi connectivity index (χ3n) is 4.67. The molecule has 1 atom stereocenters. The summed E-state index contributed by atoms with van der Waals surface area (Å²) in [5.41, 5.74) is 1.30. The van der Waals surface area contributed by atoms with Crippen LogP contribution in [0.2, 0.25) is 0 Å². The maximum Gasteiger partial charge on any atom is 0.194 e. The van der Waals surface area contributed by atoms with E-state index >= 15 is 0 Å². The number of nitrogens with one attached hydrogen (secondary N) is 1. The normalized spacial score (nSPS) is 16.9. The second-order valence-corrected chi connectivity index (χ2v) is 7.00. The molecule has 5 nitrogen and oxygen atoms in total. The van der Waals surface area contributed by atoms with E-state index in [1.54, 1.807) is 0 Å². The van der Waals surface area contributed by atoms with Crippen LogP contribution in [0.15, 0.2) is 35.3 Å². The number of nitrogens with zero attached hydrogens (tertiary/aromatic N) is 3. The highest BCUT2D eigenvalue weighted by Crippen LogP contribution is 2.14. The van der Waals surface area contributed by atoms with Gasteiger partial charge in [0, 0.05) is 39.3 Å². The van der Waals surface area contributed by atoms with E-state index in [-0.39, 0.29) is 24.0 Å². The van der Waals surface area contributed by atoms with Crippen molar-refractivity contribution in [3.63, 3.8) is 0 Å². The third-order valence-corrected chi connectivity index (χ3v) is 4.67. The summed E-state index contributed by atoms with van der Waals surface area (Å²) >= 11 is 0. The molecule has 1 unspecified atom stereocenters. The van der Waals surface area contributed by atoms with E-state index in [0.29, 0.717) is 12.0 Å². The number of aliphatic imine (C=N–C) groups is 1. The van der Waals surface area contributed by atoms with Gasteiger partial charge in [0.05, 0.1) is 19.8 Å². The third kappa shape index (κ3) is 7.40. The number of guanidine groups is 1. The molecular weight excluding hydrogens is 439 g/mol. The van der Waals surface area contributed by atoms with Gasteiger partial charge in [-0.3, -0.25) is 9.89 Å². The van der Waals surface area contributed by atoms with Crippen molar-refractivity contribution in [2.75, 3.05) is 46.4 Å². The fourth-order valence-corrected chi connectivity index (χ4v) is 3.24. The van der Waals surface area contributed by atoms with Gasteiger partial charge in [0.1, 0.15) is 0 Å². The van der Waals surface area contributed by atoms with Gasteiger partial charge in [-0.25, -0.2) is 0 Å². The van der Waals surface area contributed by atoms with Crippen molar-refractivity contribution in [2.24, 2.45) is 10.9 Å². The highest BCUT2D eigenvalue weighted by Gasteiger charge is 2.23. The molecule has 148 valence electrons. The van der Waals surface area contributed by atoms with Gasteiger partial charge in [-0.05, 0) is 18.4 Å². The summed E-state index contributed by atoms with van der Waals surface area (Å²) in [6, 6.07) is 11.0. The second-order valence-electron chi connectivity index (χ2n) is 7.00. The smallest absolute Gasteiger partial charge is 0.194 e. The number of morpholine rings is 1. The summed E-state index contributed by atoms with van der Waals surface area (Å²) in [7, 11) is 2.10. The van der Waals surface area contributed by atoms with E-state index in [9.17, 15) is 0 Å². The molecule has 6 heteroatoms. The number of rotatable bonds is 7. The number of hydrogen-bond donors (Lipinski definition) is 1. The molecule has 1 N–H and O–H groups in total. The summed E-state index contributed by atoms with van der Waals surface area (Å²) in [5.74, 6) is 1.55. The number of benzene rings is 1. The van der Waals surface area contributed by atoms with Crippen molar-refractivity contribution < 1.29 is 4.74 Å². The standard InChI is InChI=1S/C20H34N4O.HI/c1-5-21-20(23(4)16-18-9-7-6-8-10-18)22-15-19(17(2)3)24-11-13-25-14-12-24;/h6-10,17,19H,5,11-16H2,1-4H3,(H,21,22);1H. The molecule has 0 spiro atoms. The van der Waals surface area contributed by atoms with Gasteiger partial charge < -0.3 is 15.0 Å². The fourth-order valence-electron chi connectivity index (χ4n) is 3.24. The highest BCUT2D eigenvalue weighted by atomic mass is 127. The monoisotopic (exact) mass is 474 g/mol. The molecule has 1 heterocycles. The molecule has 0 saturated carbocycles. The van der Waals surface area contributed by atoms with Crippen molar-refractivity contribution in [1.29, 1.82) is 0 Å². The van der Waals surface area contributed by atoms with E-state index < -0.39 is 0 Å². The van der Waals surface area contributed by atoms with Crippen LogP contribution in [0.3, 0.4) is 0 Å². The van der Waals surface area contributed by atoms with Crippen molar-refractivity contribution >= 4 is 29.9 Å². The summed E-state index contributed by atoms with van der Waals surface area (Å²) in [5, 5.41) is 3.43. The Balaban J connectivity index is 0.00000338. The second kappa shape index (κ2) is 12.5. The Labute approximate surface area is 176 Å². The quantitative estimate of drug-likeness (QED) is 0.375. The first-order chi connectivity index (χ1) is 12.1. The molecule has 0 radical (unpaired) electrons. The van der Waals surface area contributed by atoms with Gasteiger partial charge in [-0.15, -0.1) is 24.0 Å². The molecule has 2 rings (SSSR count). The number of ether oxygens (including phenoxy) is 1. The van der Waals surface area contributed by atoms with E-state index in [0.717, 1.165) is 51.9 Å². The summed E-state index contributed by atoms with van der Waals surface area (Å²) in [4.78, 5) is 9.69. The minimum absolute atomic E-state index is 0. The first-order valence-electron chi connectivity index (χ1n) is 9.47. The molecule has 1 fully saturated rings. The SMILES string of the molecule is CCNC(=NCC(C(C)C)N1CCOCC1)N(C)Cc1ccccc1.I. The van der Waals surface area contributed by atoms with Crippen LogP contribution in [0.1, 0.15) is 26.3 Å². The van der Waals surface area contributed by atoms with Crippen LogP contribution in [0, 0.1) is 5.92 Å². The predicted octanol–water partition coefficient (Wildman–Crippen LogP) is 3.06. The van der Waals surface area contributed by atoms with Crippen LogP contribution >= 0.6 is 24.0 Å². The molecule has 0 amide bonds. The largest absolute Gasteiger partial charge is 0.379 e. The van der Waals surface area contributed by atoms with Crippen LogP contribution < -0.4 is 5.32 Å². The Morgan fingerprint density at radius 1 is 1.23 bits per heavy atom. The zero-order valence-electron chi connectivity index (χ0n) is 16.6. The molecule has 1 aliphatic rings. The lowest BCUT2D eigenvalue weighted by Gasteiger charge is -2.36. The van der Waals surface area contributed by atoms with Gasteiger partial charge in [0.2, 0.25) is 0 Å². The van der Waals surface area contributed by atoms with E-state index in [1.807, 2.05) is 0 Å². The van der Waals surface area contributed by atoms with Crippen LogP contribution in [0.5, 0.6) is 0 Å². The fraction of sp³-hybridized carbons (Fsp3) is 0.650. The maximum atomic E-state index is 5.50. The Bertz CT molecular complexity index is 518. The average Bonchev–Trinajstić information content (AvgIpc) is 2.62. The topological polar surface area (TPSA) is 40.1 Å². The Morgan fingerprint density at radius 2 is 1.88 bits per heavy atom. The molecular formula is C20H35IN4O. The van der Waals surface area contributed by atoms with Crippen molar-refractivity contribution in [3.05, 3.63) is 35.9 Å². The summed E-state index contributed by atoms with van der Waals surface area (Å²) in [6.07, 6.45) is 0. The first kappa shape index (κ1) is 23.2. The van der Waals surface area contributed by atoms with Crippen molar-refractivity contribution in [2.45, 2.75) is 33.4 Å². The van der Waals surface area contributed by atoms with E-state index in [1.165, 1.54) is 5.56 Å². The average molecular weight is 474 g/mol. The van der Waals surface area contributed by atoms with Crippen LogP contribution in [-0.2, 0) is 11.3 Å². The van der Waals surface area contributed by atoms with Gasteiger partial charge in [-0.2, -0.15) is 0 Å². The summed E-state index contributed by atoms with van der Waals surface area (Å²) in [6.45, 7) is 12.9. The lowest BCUT2D eigenvalue weighted by molar-refractivity contribution is 0.00863. The highest BCUT2D eigenvalue weighted by molar-refractivity contribution is 14.0. The van der Waals surface area contributed by atoms with Crippen LogP contribution in [-0.4, -0.2) is 68.2 Å². The molecule has 1 aliphatic heterocycles. The van der Waals surface area contributed by atoms with Gasteiger partial charge in [0.25, 0.3) is 0 Å². The minimum atomic E-state index is 0. The minimum Gasteiger partial charge on any atom is -0.379 e. The molecule has 0 aromatic heterocycles. The Hall–Kier alpha value is -0.860. The molecule has 1 aromatic carbocycles. The van der Waals surface area contributed by atoms with Crippen LogP contribution in [0.25, 0.3) is 0 Å². The van der Waals surface area contributed by atoms with Crippen molar-refractivity contribution in [1.82, 2.24) is 15.1 Å². The molecule has 1 aromatic rings. The van der Waals surface area contributed by atoms with E-state index in [2.05, 4.69) is 73.3 Å². The Kier molecular flexibility index (Phi) is 11.2. The lowest BCUT2D eigenvalue weighted by atomic mass is 10.0. The first-order valence-corrected chi connectivity index (χ1v) is 9.47. The predicted molar refractivity (Wildman–Crippen MR) is 120 cm³/mol. The molecule has 0 bridgehead atoms. The Morgan fingerprint density at radius 3 is 2.46 bits per heavy atom. The lowest BCUT2D eigenvalue weighted by Crippen LogP contribution is -2.48.